The van der Waals surface area contributed by atoms with Gasteiger partial charge in [0.15, 0.2) is 0 Å². The van der Waals surface area contributed by atoms with Gasteiger partial charge in [0.05, 0.1) is 0 Å². The molecular formula is C11H13BrN4O. The number of carbonyl (C=O) groups is 1. The quantitative estimate of drug-likeness (QED) is 0.385. The Bertz CT molecular complexity index is 455. The second kappa shape index (κ2) is 6.93. The number of azide groups is 1. The van der Waals surface area contributed by atoms with Crippen molar-refractivity contribution in [2.24, 2.45) is 5.11 Å². The van der Waals surface area contributed by atoms with Crippen molar-refractivity contribution in [1.29, 1.82) is 0 Å². The Morgan fingerprint density at radius 2 is 2.35 bits per heavy atom. The molecule has 0 saturated carbocycles. The summed E-state index contributed by atoms with van der Waals surface area (Å²) >= 11 is 3.38. The van der Waals surface area contributed by atoms with Gasteiger partial charge in [-0.2, -0.15) is 0 Å². The molecule has 1 rings (SSSR count). The zero-order valence-corrected chi connectivity index (χ0v) is 11.1. The van der Waals surface area contributed by atoms with E-state index in [1.807, 2.05) is 19.1 Å². The average molecular weight is 297 g/mol. The minimum atomic E-state index is -0.110. The van der Waals surface area contributed by atoms with Gasteiger partial charge in [-0.05, 0) is 42.6 Å². The van der Waals surface area contributed by atoms with Crippen LogP contribution >= 0.6 is 15.9 Å². The second-order valence-corrected chi connectivity index (χ2v) is 4.38. The lowest BCUT2D eigenvalue weighted by Gasteiger charge is -2.05. The molecule has 0 aromatic heterocycles. The number of hydrogen-bond acceptors (Lipinski definition) is 2. The van der Waals surface area contributed by atoms with Crippen molar-refractivity contribution in [2.45, 2.75) is 13.3 Å². The summed E-state index contributed by atoms with van der Waals surface area (Å²) in [5, 5.41) is 6.16. The van der Waals surface area contributed by atoms with Crippen molar-refractivity contribution in [2.75, 3.05) is 13.1 Å². The molecule has 17 heavy (non-hydrogen) atoms. The van der Waals surface area contributed by atoms with E-state index in [-0.39, 0.29) is 5.91 Å². The van der Waals surface area contributed by atoms with Crippen LogP contribution in [0.3, 0.4) is 0 Å². The number of hydrogen-bond donors (Lipinski definition) is 1. The Morgan fingerprint density at radius 3 is 3.00 bits per heavy atom. The number of nitrogens with one attached hydrogen (secondary N) is 1. The van der Waals surface area contributed by atoms with Crippen LogP contribution in [-0.4, -0.2) is 19.0 Å². The minimum absolute atomic E-state index is 0.110. The Labute approximate surface area is 108 Å². The number of halogens is 1. The third kappa shape index (κ3) is 4.46. The van der Waals surface area contributed by atoms with Crippen LogP contribution in [0.4, 0.5) is 0 Å². The van der Waals surface area contributed by atoms with E-state index in [0.717, 1.165) is 10.0 Å². The third-order valence-electron chi connectivity index (χ3n) is 2.20. The molecule has 0 saturated heterocycles. The molecule has 0 atom stereocenters. The molecule has 0 unspecified atom stereocenters. The van der Waals surface area contributed by atoms with E-state index in [9.17, 15) is 4.79 Å². The van der Waals surface area contributed by atoms with E-state index in [1.165, 1.54) is 0 Å². The van der Waals surface area contributed by atoms with Gasteiger partial charge in [0.2, 0.25) is 0 Å². The molecule has 1 amide bonds. The van der Waals surface area contributed by atoms with Gasteiger partial charge in [0.25, 0.3) is 5.91 Å². The Morgan fingerprint density at radius 1 is 1.59 bits per heavy atom. The molecule has 0 bridgehead atoms. The molecule has 0 aliphatic carbocycles. The Kier molecular flexibility index (Phi) is 5.52. The van der Waals surface area contributed by atoms with Crippen molar-refractivity contribution in [1.82, 2.24) is 5.32 Å². The fourth-order valence-corrected chi connectivity index (χ4v) is 1.53. The van der Waals surface area contributed by atoms with E-state index < -0.39 is 0 Å². The van der Waals surface area contributed by atoms with Gasteiger partial charge in [-0.25, -0.2) is 0 Å². The summed E-state index contributed by atoms with van der Waals surface area (Å²) < 4.78 is 0.984. The molecule has 0 spiro atoms. The van der Waals surface area contributed by atoms with E-state index in [4.69, 9.17) is 5.53 Å². The number of nitrogens with zero attached hydrogens (tertiary/aromatic N) is 3. The van der Waals surface area contributed by atoms with E-state index in [0.29, 0.717) is 25.1 Å². The number of aryl methyl sites for hydroxylation is 1. The zero-order valence-electron chi connectivity index (χ0n) is 9.48. The first-order valence-electron chi connectivity index (χ1n) is 5.20. The summed E-state index contributed by atoms with van der Waals surface area (Å²) in [4.78, 5) is 14.3. The van der Waals surface area contributed by atoms with Gasteiger partial charge in [-0.3, -0.25) is 4.79 Å². The maximum absolute atomic E-state index is 11.7. The van der Waals surface area contributed by atoms with Crippen LogP contribution in [0.2, 0.25) is 0 Å². The second-order valence-electron chi connectivity index (χ2n) is 3.53. The topological polar surface area (TPSA) is 77.9 Å². The van der Waals surface area contributed by atoms with Crippen LogP contribution in [-0.2, 0) is 0 Å². The molecule has 0 fully saturated rings. The van der Waals surface area contributed by atoms with Crippen LogP contribution < -0.4 is 5.32 Å². The first-order valence-corrected chi connectivity index (χ1v) is 5.99. The lowest BCUT2D eigenvalue weighted by molar-refractivity contribution is 0.0953. The molecule has 5 nitrogen and oxygen atoms in total. The summed E-state index contributed by atoms with van der Waals surface area (Å²) in [5.74, 6) is -0.110. The maximum atomic E-state index is 11.7. The van der Waals surface area contributed by atoms with Crippen molar-refractivity contribution in [3.8, 4) is 0 Å². The molecule has 1 aromatic rings. The number of amides is 1. The first-order chi connectivity index (χ1) is 8.15. The highest BCUT2D eigenvalue weighted by Gasteiger charge is 2.05. The smallest absolute Gasteiger partial charge is 0.251 e. The standard InChI is InChI=1S/C11H13BrN4O/c1-8-7-9(3-4-10(8)12)11(17)14-5-2-6-15-16-13/h3-4,7H,2,5-6H2,1H3,(H,14,17). The summed E-state index contributed by atoms with van der Waals surface area (Å²) in [6, 6.07) is 5.44. The van der Waals surface area contributed by atoms with Crippen molar-refractivity contribution in [3.05, 3.63) is 44.2 Å². The van der Waals surface area contributed by atoms with Gasteiger partial charge in [0, 0.05) is 28.0 Å². The average Bonchev–Trinajstić information content (AvgIpc) is 2.32. The van der Waals surface area contributed by atoms with Crippen LogP contribution in [0.5, 0.6) is 0 Å². The third-order valence-corrected chi connectivity index (χ3v) is 3.09. The van der Waals surface area contributed by atoms with E-state index in [2.05, 4.69) is 31.3 Å². The number of rotatable bonds is 5. The molecule has 0 radical (unpaired) electrons. The predicted molar refractivity (Wildman–Crippen MR) is 69.8 cm³/mol. The fourth-order valence-electron chi connectivity index (χ4n) is 1.28. The highest BCUT2D eigenvalue weighted by atomic mass is 79.9. The van der Waals surface area contributed by atoms with E-state index in [1.54, 1.807) is 6.07 Å². The monoisotopic (exact) mass is 296 g/mol. The van der Waals surface area contributed by atoms with Gasteiger partial charge in [-0.1, -0.05) is 21.0 Å². The Hall–Kier alpha value is -1.52. The highest BCUT2D eigenvalue weighted by molar-refractivity contribution is 9.10. The largest absolute Gasteiger partial charge is 0.352 e. The number of benzene rings is 1. The maximum Gasteiger partial charge on any atom is 0.251 e. The normalized spacial score (nSPS) is 9.53. The zero-order chi connectivity index (χ0) is 12.7. The van der Waals surface area contributed by atoms with Crippen molar-refractivity contribution in [3.63, 3.8) is 0 Å². The molecule has 0 heterocycles. The fraction of sp³-hybridized carbons (Fsp3) is 0.364. The summed E-state index contributed by atoms with van der Waals surface area (Å²) in [5.41, 5.74) is 9.73. The summed E-state index contributed by atoms with van der Waals surface area (Å²) in [7, 11) is 0. The number of carbonyl (C=O) groups excluding carboxylic acids is 1. The molecule has 1 aromatic carbocycles. The van der Waals surface area contributed by atoms with Gasteiger partial charge < -0.3 is 5.32 Å². The first kappa shape index (κ1) is 13.5. The van der Waals surface area contributed by atoms with Crippen molar-refractivity contribution >= 4 is 21.8 Å². The highest BCUT2D eigenvalue weighted by Crippen LogP contribution is 2.16. The molecule has 6 heteroatoms. The predicted octanol–water partition coefficient (Wildman–Crippen LogP) is 3.19. The summed E-state index contributed by atoms with van der Waals surface area (Å²) in [6.45, 7) is 2.84. The lowest BCUT2D eigenvalue weighted by atomic mass is 10.1. The van der Waals surface area contributed by atoms with Crippen LogP contribution in [0.1, 0.15) is 22.3 Å². The van der Waals surface area contributed by atoms with Gasteiger partial charge >= 0.3 is 0 Å². The molecular weight excluding hydrogens is 284 g/mol. The minimum Gasteiger partial charge on any atom is -0.352 e. The SMILES string of the molecule is Cc1cc(C(=O)NCCCN=[N+]=[N-])ccc1Br. The van der Waals surface area contributed by atoms with Crippen LogP contribution in [0.25, 0.3) is 10.4 Å². The van der Waals surface area contributed by atoms with Gasteiger partial charge in [-0.15, -0.1) is 0 Å². The van der Waals surface area contributed by atoms with Gasteiger partial charge in [0.1, 0.15) is 0 Å². The summed E-state index contributed by atoms with van der Waals surface area (Å²) in [6.07, 6.45) is 0.644. The van der Waals surface area contributed by atoms with Crippen LogP contribution in [0.15, 0.2) is 27.8 Å². The molecule has 0 aliphatic heterocycles. The van der Waals surface area contributed by atoms with Crippen molar-refractivity contribution < 1.29 is 4.79 Å². The van der Waals surface area contributed by atoms with Crippen LogP contribution in [0, 0.1) is 6.92 Å². The van der Waals surface area contributed by atoms with E-state index >= 15 is 0 Å². The lowest BCUT2D eigenvalue weighted by Crippen LogP contribution is -2.24. The Balaban J connectivity index is 2.46. The molecule has 0 aliphatic rings. The molecule has 1 N–H and O–H groups in total. The molecule has 90 valence electrons.